The van der Waals surface area contributed by atoms with Gasteiger partial charge in [0.1, 0.15) is 6.26 Å². The third-order valence-corrected chi connectivity index (χ3v) is 4.19. The van der Waals surface area contributed by atoms with E-state index in [0.29, 0.717) is 5.92 Å². The van der Waals surface area contributed by atoms with Gasteiger partial charge < -0.3 is 9.15 Å². The number of aryl methyl sites for hydroxylation is 1. The van der Waals surface area contributed by atoms with Crippen LogP contribution in [0.3, 0.4) is 0 Å². The van der Waals surface area contributed by atoms with E-state index in [1.165, 1.54) is 12.8 Å². The van der Waals surface area contributed by atoms with Crippen LogP contribution in [0.25, 0.3) is 0 Å². The number of nitrogens with zero attached hydrogens (tertiary/aromatic N) is 3. The molecule has 0 amide bonds. The summed E-state index contributed by atoms with van der Waals surface area (Å²) < 4.78 is 11.0. The summed E-state index contributed by atoms with van der Waals surface area (Å²) in [5.41, 5.74) is 1.02. The van der Waals surface area contributed by atoms with Crippen molar-refractivity contribution in [1.82, 2.24) is 14.9 Å². The van der Waals surface area contributed by atoms with Crippen LogP contribution >= 0.6 is 11.3 Å². The molecule has 2 aromatic rings. The molecule has 0 N–H and O–H groups in total. The van der Waals surface area contributed by atoms with Gasteiger partial charge in [0.2, 0.25) is 0 Å². The first-order valence-corrected chi connectivity index (χ1v) is 7.83. The monoisotopic (exact) mass is 293 g/mol. The van der Waals surface area contributed by atoms with E-state index in [9.17, 15) is 0 Å². The van der Waals surface area contributed by atoms with E-state index in [1.54, 1.807) is 23.8 Å². The summed E-state index contributed by atoms with van der Waals surface area (Å²) in [6.07, 6.45) is 5.97. The van der Waals surface area contributed by atoms with Gasteiger partial charge in [-0.1, -0.05) is 11.3 Å². The Balaban J connectivity index is 1.48. The maximum Gasteiger partial charge on any atom is 0.273 e. The van der Waals surface area contributed by atoms with Crippen molar-refractivity contribution >= 4 is 11.3 Å². The molecule has 0 aliphatic carbocycles. The Hall–Kier alpha value is -1.40. The highest BCUT2D eigenvalue weighted by atomic mass is 32.1. The maximum absolute atomic E-state index is 5.73. The van der Waals surface area contributed by atoms with E-state index < -0.39 is 0 Å². The Labute approximate surface area is 122 Å². The lowest BCUT2D eigenvalue weighted by atomic mass is 9.99. The molecule has 3 rings (SSSR count). The van der Waals surface area contributed by atoms with Crippen LogP contribution in [0.1, 0.15) is 24.4 Å². The number of thiazole rings is 1. The van der Waals surface area contributed by atoms with E-state index in [2.05, 4.69) is 14.9 Å². The second-order valence-corrected chi connectivity index (χ2v) is 6.07. The molecule has 1 atom stereocenters. The normalized spacial score (nSPS) is 20.1. The van der Waals surface area contributed by atoms with E-state index in [1.807, 2.05) is 12.3 Å². The minimum atomic E-state index is 0.570. The van der Waals surface area contributed by atoms with Crippen LogP contribution in [0.5, 0.6) is 5.19 Å². The molecule has 1 saturated heterocycles. The molecular weight excluding hydrogens is 274 g/mol. The van der Waals surface area contributed by atoms with Crippen LogP contribution in [0, 0.1) is 12.8 Å². The van der Waals surface area contributed by atoms with Crippen LogP contribution in [0.15, 0.2) is 22.3 Å². The minimum absolute atomic E-state index is 0.570. The first-order valence-electron chi connectivity index (χ1n) is 6.95. The minimum Gasteiger partial charge on any atom is -0.470 e. The highest BCUT2D eigenvalue weighted by Crippen LogP contribution is 2.21. The summed E-state index contributed by atoms with van der Waals surface area (Å²) in [7, 11) is 0. The number of ether oxygens (including phenoxy) is 1. The van der Waals surface area contributed by atoms with Crippen molar-refractivity contribution in [3.8, 4) is 5.19 Å². The van der Waals surface area contributed by atoms with Crippen molar-refractivity contribution in [1.29, 1.82) is 0 Å². The van der Waals surface area contributed by atoms with Crippen LogP contribution in [-0.4, -0.2) is 34.6 Å². The summed E-state index contributed by atoms with van der Waals surface area (Å²) in [4.78, 5) is 10.9. The summed E-state index contributed by atoms with van der Waals surface area (Å²) in [6.45, 7) is 5.67. The van der Waals surface area contributed by atoms with Gasteiger partial charge in [-0.3, -0.25) is 4.90 Å². The summed E-state index contributed by atoms with van der Waals surface area (Å²) >= 11 is 1.55. The van der Waals surface area contributed by atoms with Crippen molar-refractivity contribution < 1.29 is 9.15 Å². The highest BCUT2D eigenvalue weighted by molar-refractivity contribution is 7.11. The Kier molecular flexibility index (Phi) is 4.32. The molecule has 2 aromatic heterocycles. The molecule has 0 bridgehead atoms. The Morgan fingerprint density at radius 2 is 2.50 bits per heavy atom. The molecule has 3 heterocycles. The van der Waals surface area contributed by atoms with Gasteiger partial charge >= 0.3 is 0 Å². The largest absolute Gasteiger partial charge is 0.470 e. The molecule has 6 heteroatoms. The van der Waals surface area contributed by atoms with Gasteiger partial charge in [-0.2, -0.15) is 0 Å². The molecule has 108 valence electrons. The lowest BCUT2D eigenvalue weighted by Crippen LogP contribution is -2.37. The number of rotatable bonds is 5. The molecule has 1 unspecified atom stereocenters. The van der Waals surface area contributed by atoms with Crippen molar-refractivity contribution in [3.05, 3.63) is 29.4 Å². The number of aromatic nitrogens is 2. The van der Waals surface area contributed by atoms with Crippen LogP contribution < -0.4 is 4.74 Å². The fourth-order valence-electron chi connectivity index (χ4n) is 2.61. The average molecular weight is 293 g/mol. The molecule has 5 nitrogen and oxygen atoms in total. The molecule has 0 spiro atoms. The number of hydrogen-bond donors (Lipinski definition) is 0. The Morgan fingerprint density at radius 3 is 3.25 bits per heavy atom. The first kappa shape index (κ1) is 13.6. The van der Waals surface area contributed by atoms with Crippen molar-refractivity contribution in [2.45, 2.75) is 26.3 Å². The van der Waals surface area contributed by atoms with Gasteiger partial charge in [-0.05, 0) is 19.4 Å². The lowest BCUT2D eigenvalue weighted by Gasteiger charge is -2.31. The third kappa shape index (κ3) is 3.58. The van der Waals surface area contributed by atoms with Gasteiger partial charge in [0.15, 0.2) is 5.89 Å². The summed E-state index contributed by atoms with van der Waals surface area (Å²) in [5, 5.41) is 2.71. The molecule has 0 radical (unpaired) electrons. The van der Waals surface area contributed by atoms with Crippen molar-refractivity contribution in [2.24, 2.45) is 5.92 Å². The molecule has 0 saturated carbocycles. The predicted molar refractivity (Wildman–Crippen MR) is 76.9 cm³/mol. The van der Waals surface area contributed by atoms with Gasteiger partial charge in [0.25, 0.3) is 5.19 Å². The smallest absolute Gasteiger partial charge is 0.273 e. The van der Waals surface area contributed by atoms with Crippen LogP contribution in [-0.2, 0) is 6.54 Å². The zero-order chi connectivity index (χ0) is 13.8. The van der Waals surface area contributed by atoms with Crippen molar-refractivity contribution in [3.63, 3.8) is 0 Å². The number of likely N-dealkylation sites (tertiary alicyclic amines) is 1. The molecule has 0 aromatic carbocycles. The summed E-state index contributed by atoms with van der Waals surface area (Å²) in [6, 6.07) is 0. The predicted octanol–water partition coefficient (Wildman–Crippen LogP) is 2.73. The zero-order valence-electron chi connectivity index (χ0n) is 11.6. The average Bonchev–Trinajstić information content (AvgIpc) is 3.09. The third-order valence-electron chi connectivity index (χ3n) is 3.51. The second-order valence-electron chi connectivity index (χ2n) is 5.21. The molecule has 20 heavy (non-hydrogen) atoms. The van der Waals surface area contributed by atoms with Crippen molar-refractivity contribution in [2.75, 3.05) is 19.7 Å². The summed E-state index contributed by atoms with van der Waals surface area (Å²) in [5.74, 6) is 1.31. The van der Waals surface area contributed by atoms with Gasteiger partial charge in [-0.15, -0.1) is 0 Å². The maximum atomic E-state index is 5.73. The Morgan fingerprint density at radius 1 is 1.55 bits per heavy atom. The number of piperidine rings is 1. The molecular formula is C14H19N3O2S. The SMILES string of the molecule is Cc1nc(CN2CCCC(COc3nccs3)C2)co1. The van der Waals surface area contributed by atoms with Gasteiger partial charge in [-0.25, -0.2) is 9.97 Å². The standard InChI is InChI=1S/C14H19N3O2S/c1-11-16-13(10-18-11)8-17-5-2-3-12(7-17)9-19-14-15-4-6-20-14/h4,6,10,12H,2-3,5,7-9H2,1H3. The van der Waals surface area contributed by atoms with Crippen LogP contribution in [0.2, 0.25) is 0 Å². The highest BCUT2D eigenvalue weighted by Gasteiger charge is 2.21. The number of hydrogen-bond acceptors (Lipinski definition) is 6. The van der Waals surface area contributed by atoms with E-state index in [0.717, 1.165) is 43.0 Å². The number of oxazole rings is 1. The van der Waals surface area contributed by atoms with Gasteiger partial charge in [0, 0.05) is 37.5 Å². The molecule has 1 aliphatic heterocycles. The lowest BCUT2D eigenvalue weighted by molar-refractivity contribution is 0.124. The Bertz CT molecular complexity index is 526. The van der Waals surface area contributed by atoms with Gasteiger partial charge in [0.05, 0.1) is 12.3 Å². The zero-order valence-corrected chi connectivity index (χ0v) is 12.4. The fourth-order valence-corrected chi connectivity index (χ4v) is 3.11. The molecule has 1 fully saturated rings. The fraction of sp³-hybridized carbons (Fsp3) is 0.571. The topological polar surface area (TPSA) is 51.4 Å². The van der Waals surface area contributed by atoms with E-state index in [4.69, 9.17) is 9.15 Å². The quantitative estimate of drug-likeness (QED) is 0.848. The van der Waals surface area contributed by atoms with E-state index >= 15 is 0 Å². The van der Waals surface area contributed by atoms with E-state index in [-0.39, 0.29) is 0 Å². The second kappa shape index (κ2) is 6.37. The first-order chi connectivity index (χ1) is 9.79. The van der Waals surface area contributed by atoms with Crippen LogP contribution in [0.4, 0.5) is 0 Å². The molecule has 1 aliphatic rings.